The molecule has 0 unspecified atom stereocenters. The van der Waals surface area contributed by atoms with Crippen molar-refractivity contribution >= 4 is 11.0 Å². The van der Waals surface area contributed by atoms with Crippen molar-refractivity contribution in [2.24, 2.45) is 0 Å². The van der Waals surface area contributed by atoms with Gasteiger partial charge in [0.25, 0.3) is 0 Å². The average Bonchev–Trinajstić information content (AvgIpc) is 2.72. The summed E-state index contributed by atoms with van der Waals surface area (Å²) in [7, 11) is 0. The van der Waals surface area contributed by atoms with E-state index in [0.717, 1.165) is 5.39 Å². The van der Waals surface area contributed by atoms with Crippen LogP contribution >= 0.6 is 0 Å². The van der Waals surface area contributed by atoms with Crippen LogP contribution in [0.3, 0.4) is 0 Å². The molecule has 0 aliphatic carbocycles. The average molecular weight is 229 g/mol. The van der Waals surface area contributed by atoms with E-state index in [0.29, 0.717) is 16.9 Å². The Morgan fingerprint density at radius 3 is 2.82 bits per heavy atom. The van der Waals surface area contributed by atoms with Crippen molar-refractivity contribution in [1.82, 2.24) is 4.98 Å². The Labute approximate surface area is 96.1 Å². The summed E-state index contributed by atoms with van der Waals surface area (Å²) in [4.78, 5) is 3.49. The van der Waals surface area contributed by atoms with Gasteiger partial charge in [-0.05, 0) is 30.3 Å². The molecule has 0 aliphatic rings. The minimum atomic E-state index is -0.550. The Hall–Kier alpha value is -2.36. The number of pyridine rings is 1. The van der Waals surface area contributed by atoms with Crippen LogP contribution in [0, 0.1) is 5.95 Å². The zero-order valence-electron chi connectivity index (χ0n) is 8.72. The lowest BCUT2D eigenvalue weighted by Gasteiger charge is -1.94. The monoisotopic (exact) mass is 229 g/mol. The predicted octanol–water partition coefficient (Wildman–Crippen LogP) is 3.34. The standard InChI is InChI=1S/C13H8FNO2/c14-13-7-8(3-4-15-13)12-6-9-5-10(16)1-2-11(9)17-12/h1-7,16H. The van der Waals surface area contributed by atoms with Gasteiger partial charge >= 0.3 is 0 Å². The molecule has 4 heteroatoms. The molecule has 2 aromatic heterocycles. The molecular weight excluding hydrogens is 221 g/mol. The normalized spacial score (nSPS) is 10.9. The molecule has 3 aromatic rings. The van der Waals surface area contributed by atoms with Crippen molar-refractivity contribution in [3.63, 3.8) is 0 Å². The number of rotatable bonds is 1. The van der Waals surface area contributed by atoms with E-state index in [4.69, 9.17) is 4.42 Å². The molecule has 17 heavy (non-hydrogen) atoms. The molecule has 84 valence electrons. The van der Waals surface area contributed by atoms with Gasteiger partial charge in [0.1, 0.15) is 17.1 Å². The number of furan rings is 1. The summed E-state index contributed by atoms with van der Waals surface area (Å²) in [6.45, 7) is 0. The van der Waals surface area contributed by atoms with Gasteiger partial charge in [0.15, 0.2) is 0 Å². The second-order valence-electron chi connectivity index (χ2n) is 3.70. The summed E-state index contributed by atoms with van der Waals surface area (Å²) < 4.78 is 18.5. The lowest BCUT2D eigenvalue weighted by atomic mass is 10.2. The molecule has 0 radical (unpaired) electrons. The number of aromatic nitrogens is 1. The van der Waals surface area contributed by atoms with Crippen LogP contribution in [0.25, 0.3) is 22.3 Å². The van der Waals surface area contributed by atoms with E-state index in [2.05, 4.69) is 4.98 Å². The highest BCUT2D eigenvalue weighted by Gasteiger charge is 2.07. The van der Waals surface area contributed by atoms with Crippen LogP contribution in [0.15, 0.2) is 47.0 Å². The van der Waals surface area contributed by atoms with Gasteiger partial charge in [-0.2, -0.15) is 4.39 Å². The van der Waals surface area contributed by atoms with Crippen LogP contribution in [-0.2, 0) is 0 Å². The predicted molar refractivity (Wildman–Crippen MR) is 61.1 cm³/mol. The number of fused-ring (bicyclic) bond motifs is 1. The first kappa shape index (κ1) is 9.84. The summed E-state index contributed by atoms with van der Waals surface area (Å²) in [5, 5.41) is 10.1. The minimum Gasteiger partial charge on any atom is -0.508 e. The number of benzene rings is 1. The van der Waals surface area contributed by atoms with Crippen LogP contribution in [0.4, 0.5) is 4.39 Å². The Morgan fingerprint density at radius 2 is 2.00 bits per heavy atom. The first-order chi connectivity index (χ1) is 8.22. The minimum absolute atomic E-state index is 0.172. The van der Waals surface area contributed by atoms with E-state index in [1.165, 1.54) is 12.3 Å². The molecule has 3 rings (SSSR count). The number of halogens is 1. The highest BCUT2D eigenvalue weighted by molar-refractivity contribution is 5.83. The molecule has 2 heterocycles. The number of hydrogen-bond donors (Lipinski definition) is 1. The van der Waals surface area contributed by atoms with Crippen LogP contribution in [0.2, 0.25) is 0 Å². The molecular formula is C13H8FNO2. The highest BCUT2D eigenvalue weighted by atomic mass is 19.1. The third-order valence-electron chi connectivity index (χ3n) is 2.51. The number of nitrogens with zero attached hydrogens (tertiary/aromatic N) is 1. The molecule has 1 aromatic carbocycles. The Bertz CT molecular complexity index is 691. The zero-order valence-corrected chi connectivity index (χ0v) is 8.72. The van der Waals surface area contributed by atoms with Gasteiger partial charge in [-0.1, -0.05) is 0 Å². The smallest absolute Gasteiger partial charge is 0.213 e. The topological polar surface area (TPSA) is 46.3 Å². The summed E-state index contributed by atoms with van der Waals surface area (Å²) in [6, 6.07) is 9.54. The first-order valence-electron chi connectivity index (χ1n) is 5.07. The lowest BCUT2D eigenvalue weighted by Crippen LogP contribution is -1.81. The van der Waals surface area contributed by atoms with Crippen molar-refractivity contribution in [3.8, 4) is 17.1 Å². The quantitative estimate of drug-likeness (QED) is 0.651. The lowest BCUT2D eigenvalue weighted by molar-refractivity contribution is 0.476. The third-order valence-corrected chi connectivity index (χ3v) is 2.51. The van der Waals surface area contributed by atoms with Crippen molar-refractivity contribution in [3.05, 3.63) is 48.5 Å². The fourth-order valence-electron chi connectivity index (χ4n) is 1.73. The molecule has 0 atom stereocenters. The maximum atomic E-state index is 13.0. The van der Waals surface area contributed by atoms with Crippen molar-refractivity contribution in [2.75, 3.05) is 0 Å². The fourth-order valence-corrected chi connectivity index (χ4v) is 1.73. The Balaban J connectivity index is 2.18. The van der Waals surface area contributed by atoms with E-state index in [-0.39, 0.29) is 5.75 Å². The molecule has 0 bridgehead atoms. The number of aromatic hydroxyl groups is 1. The fraction of sp³-hybridized carbons (Fsp3) is 0. The van der Waals surface area contributed by atoms with Crippen molar-refractivity contribution in [2.45, 2.75) is 0 Å². The van der Waals surface area contributed by atoms with E-state index < -0.39 is 5.95 Å². The maximum absolute atomic E-state index is 13.0. The summed E-state index contributed by atoms with van der Waals surface area (Å²) >= 11 is 0. The molecule has 1 N–H and O–H groups in total. The van der Waals surface area contributed by atoms with Gasteiger partial charge in [0.05, 0.1) is 0 Å². The highest BCUT2D eigenvalue weighted by Crippen LogP contribution is 2.29. The van der Waals surface area contributed by atoms with E-state index in [9.17, 15) is 9.50 Å². The Morgan fingerprint density at radius 1 is 1.12 bits per heavy atom. The van der Waals surface area contributed by atoms with Gasteiger partial charge in [-0.15, -0.1) is 0 Å². The van der Waals surface area contributed by atoms with Gasteiger partial charge in [0.2, 0.25) is 5.95 Å². The third kappa shape index (κ3) is 1.73. The second-order valence-corrected chi connectivity index (χ2v) is 3.70. The van der Waals surface area contributed by atoms with Gasteiger partial charge in [0, 0.05) is 23.2 Å². The molecule has 0 fully saturated rings. The van der Waals surface area contributed by atoms with Crippen molar-refractivity contribution < 1.29 is 13.9 Å². The van der Waals surface area contributed by atoms with Crippen LogP contribution in [0.5, 0.6) is 5.75 Å². The van der Waals surface area contributed by atoms with Crippen molar-refractivity contribution in [1.29, 1.82) is 0 Å². The molecule has 0 saturated carbocycles. The molecule has 0 saturated heterocycles. The van der Waals surface area contributed by atoms with E-state index in [1.54, 1.807) is 30.3 Å². The zero-order chi connectivity index (χ0) is 11.8. The van der Waals surface area contributed by atoms with Gasteiger partial charge in [-0.3, -0.25) is 0 Å². The molecule has 0 aliphatic heterocycles. The molecule has 3 nitrogen and oxygen atoms in total. The number of hydrogen-bond acceptors (Lipinski definition) is 3. The second kappa shape index (κ2) is 3.59. The summed E-state index contributed by atoms with van der Waals surface area (Å²) in [5.41, 5.74) is 1.27. The molecule has 0 amide bonds. The Kier molecular flexibility index (Phi) is 2.08. The van der Waals surface area contributed by atoms with E-state index >= 15 is 0 Å². The summed E-state index contributed by atoms with van der Waals surface area (Å²) in [6.07, 6.45) is 1.38. The van der Waals surface area contributed by atoms with Crippen LogP contribution in [-0.4, -0.2) is 10.1 Å². The summed E-state index contributed by atoms with van der Waals surface area (Å²) in [5.74, 6) is 0.170. The van der Waals surface area contributed by atoms with Crippen LogP contribution in [0.1, 0.15) is 0 Å². The molecule has 0 spiro atoms. The maximum Gasteiger partial charge on any atom is 0.213 e. The number of phenolic OH excluding ortho intramolecular Hbond substituents is 1. The van der Waals surface area contributed by atoms with Gasteiger partial charge < -0.3 is 9.52 Å². The largest absolute Gasteiger partial charge is 0.508 e. The SMILES string of the molecule is Oc1ccc2oc(-c3ccnc(F)c3)cc2c1. The van der Waals surface area contributed by atoms with Gasteiger partial charge in [-0.25, -0.2) is 4.98 Å². The van der Waals surface area contributed by atoms with Crippen LogP contribution < -0.4 is 0 Å². The van der Waals surface area contributed by atoms with E-state index in [1.807, 2.05) is 0 Å². The first-order valence-corrected chi connectivity index (χ1v) is 5.07. The number of phenols is 1.